The van der Waals surface area contributed by atoms with Gasteiger partial charge in [0.1, 0.15) is 10.8 Å². The van der Waals surface area contributed by atoms with Gasteiger partial charge in [-0.25, -0.2) is 0 Å². The Bertz CT molecular complexity index is 780. The van der Waals surface area contributed by atoms with Crippen molar-refractivity contribution in [3.8, 4) is 0 Å². The molecule has 4 nitrogen and oxygen atoms in total. The van der Waals surface area contributed by atoms with Gasteiger partial charge < -0.3 is 0 Å². The predicted molar refractivity (Wildman–Crippen MR) is 88.5 cm³/mol. The summed E-state index contributed by atoms with van der Waals surface area (Å²) in [5, 5.41) is -1.99. The number of aryl methyl sites for hydroxylation is 1. The molecule has 118 valence electrons. The summed E-state index contributed by atoms with van der Waals surface area (Å²) < 4.78 is 28.6. The molecule has 0 saturated carbocycles. The van der Waals surface area contributed by atoms with Gasteiger partial charge in [0.15, 0.2) is 5.78 Å². The first-order valence-electron chi connectivity index (χ1n) is 6.57. The second-order valence-corrected chi connectivity index (χ2v) is 7.73. The smallest absolute Gasteiger partial charge is 0.282 e. The molecule has 0 spiro atoms. The highest BCUT2D eigenvalue weighted by Gasteiger charge is 2.37. The van der Waals surface area contributed by atoms with E-state index in [1.54, 1.807) is 26.0 Å². The van der Waals surface area contributed by atoms with Crippen LogP contribution in [-0.4, -0.2) is 30.7 Å². The molecule has 0 aliphatic heterocycles. The highest BCUT2D eigenvalue weighted by Crippen LogP contribution is 2.29. The van der Waals surface area contributed by atoms with Gasteiger partial charge in [0.25, 0.3) is 10.0 Å². The lowest BCUT2D eigenvalue weighted by molar-refractivity contribution is -0.115. The summed E-state index contributed by atoms with van der Waals surface area (Å²) in [6.07, 6.45) is 0. The maximum atomic E-state index is 12.4. The molecular formula is C15H15Cl2NO3S. The summed E-state index contributed by atoms with van der Waals surface area (Å²) in [7, 11) is -3.91. The molecular weight excluding hydrogens is 345 g/mol. The maximum absolute atomic E-state index is 12.4. The minimum Gasteiger partial charge on any atom is -0.293 e. The lowest BCUT2D eigenvalue weighted by Gasteiger charge is -2.25. The molecule has 0 fully saturated rings. The van der Waals surface area contributed by atoms with Gasteiger partial charge in [0.2, 0.25) is 0 Å². The van der Waals surface area contributed by atoms with Crippen molar-refractivity contribution >= 4 is 44.7 Å². The van der Waals surface area contributed by atoms with Gasteiger partial charge in [-0.15, -0.1) is 23.2 Å². The van der Waals surface area contributed by atoms with Crippen LogP contribution in [0.25, 0.3) is 0 Å². The molecule has 0 aromatic heterocycles. The molecule has 0 bridgehead atoms. The lowest BCUT2D eigenvalue weighted by atomic mass is 9.90. The molecule has 0 N–H and O–H groups in total. The van der Waals surface area contributed by atoms with E-state index in [0.717, 1.165) is 5.56 Å². The normalized spacial score (nSPS) is 25.0. The first-order chi connectivity index (χ1) is 10.1. The summed E-state index contributed by atoms with van der Waals surface area (Å²) >= 11 is 12.1. The fourth-order valence-electron chi connectivity index (χ4n) is 2.07. The Morgan fingerprint density at radius 3 is 2.05 bits per heavy atom. The standard InChI is InChI=1S/C15H15Cl2NO3S/c1-8-4-6-11(7-5-8)22(20,21)18-14-9(2)10(3)15(19)13(17)12(14)16/h4-7,12-13H,1-3H3/b18-14+. The number of nitrogens with zero attached hydrogens (tertiary/aromatic N) is 1. The van der Waals surface area contributed by atoms with Crippen molar-refractivity contribution in [2.24, 2.45) is 4.40 Å². The van der Waals surface area contributed by atoms with Gasteiger partial charge in [-0.1, -0.05) is 17.7 Å². The minimum absolute atomic E-state index is 0.0722. The number of rotatable bonds is 2. The number of carbonyl (C=O) groups excluding carboxylic acids is 1. The van der Waals surface area contributed by atoms with Crippen molar-refractivity contribution in [3.05, 3.63) is 41.0 Å². The third-order valence-electron chi connectivity index (χ3n) is 3.62. The topological polar surface area (TPSA) is 63.6 Å². The molecule has 7 heteroatoms. The van der Waals surface area contributed by atoms with Crippen LogP contribution in [0.4, 0.5) is 0 Å². The van der Waals surface area contributed by atoms with Crippen molar-refractivity contribution in [1.29, 1.82) is 0 Å². The van der Waals surface area contributed by atoms with Gasteiger partial charge in [-0.2, -0.15) is 12.8 Å². The summed E-state index contributed by atoms with van der Waals surface area (Å²) in [6.45, 7) is 5.07. The molecule has 1 aromatic carbocycles. The number of sulfonamides is 1. The zero-order chi connectivity index (χ0) is 16.7. The van der Waals surface area contributed by atoms with Gasteiger partial charge in [-0.05, 0) is 44.1 Å². The van der Waals surface area contributed by atoms with E-state index in [1.165, 1.54) is 12.1 Å². The fourth-order valence-corrected chi connectivity index (χ4v) is 3.84. The van der Waals surface area contributed by atoms with Crippen LogP contribution in [-0.2, 0) is 14.8 Å². The number of hydrogen-bond acceptors (Lipinski definition) is 3. The lowest BCUT2D eigenvalue weighted by Crippen LogP contribution is -2.39. The van der Waals surface area contributed by atoms with Gasteiger partial charge in [-0.3, -0.25) is 4.79 Å². The third-order valence-corrected chi connectivity index (χ3v) is 5.97. The molecule has 2 unspecified atom stereocenters. The summed E-state index contributed by atoms with van der Waals surface area (Å²) in [6, 6.07) is 6.34. The number of hydrogen-bond donors (Lipinski definition) is 0. The van der Waals surface area contributed by atoms with Crippen molar-refractivity contribution in [3.63, 3.8) is 0 Å². The number of Topliss-reactive ketones (excluding diaryl/α,β-unsaturated/α-hetero) is 1. The molecule has 0 saturated heterocycles. The highest BCUT2D eigenvalue weighted by atomic mass is 35.5. The van der Waals surface area contributed by atoms with E-state index in [0.29, 0.717) is 11.1 Å². The molecule has 22 heavy (non-hydrogen) atoms. The molecule has 2 rings (SSSR count). The molecule has 0 heterocycles. The van der Waals surface area contributed by atoms with E-state index < -0.39 is 20.8 Å². The van der Waals surface area contributed by atoms with Crippen LogP contribution >= 0.6 is 23.2 Å². The molecule has 0 radical (unpaired) electrons. The summed E-state index contributed by atoms with van der Waals surface area (Å²) in [5.41, 5.74) is 1.91. The van der Waals surface area contributed by atoms with Crippen LogP contribution in [0.3, 0.4) is 0 Å². The van der Waals surface area contributed by atoms with Crippen LogP contribution < -0.4 is 0 Å². The van der Waals surface area contributed by atoms with Crippen molar-refractivity contribution in [1.82, 2.24) is 0 Å². The SMILES string of the molecule is CC1=C(C)/C(=N\S(=O)(=O)c2ccc(C)cc2)C(Cl)C(Cl)C1=O. The first kappa shape index (κ1) is 17.2. The Hall–Kier alpha value is -1.17. The highest BCUT2D eigenvalue weighted by molar-refractivity contribution is 7.90. The van der Waals surface area contributed by atoms with E-state index in [-0.39, 0.29) is 16.4 Å². The van der Waals surface area contributed by atoms with Crippen LogP contribution in [0, 0.1) is 6.92 Å². The van der Waals surface area contributed by atoms with E-state index in [4.69, 9.17) is 23.2 Å². The summed E-state index contributed by atoms with van der Waals surface area (Å²) in [4.78, 5) is 12.0. The quantitative estimate of drug-likeness (QED) is 0.761. The van der Waals surface area contributed by atoms with Crippen molar-refractivity contribution in [2.45, 2.75) is 36.4 Å². The Morgan fingerprint density at radius 2 is 1.50 bits per heavy atom. The van der Waals surface area contributed by atoms with E-state index in [2.05, 4.69) is 4.40 Å². The van der Waals surface area contributed by atoms with Gasteiger partial charge in [0, 0.05) is 0 Å². The molecule has 1 aliphatic rings. The zero-order valence-electron chi connectivity index (χ0n) is 12.3. The van der Waals surface area contributed by atoms with Crippen LogP contribution in [0.2, 0.25) is 0 Å². The van der Waals surface area contributed by atoms with Crippen LogP contribution in [0.1, 0.15) is 19.4 Å². The molecule has 0 amide bonds. The molecule has 1 aromatic rings. The minimum atomic E-state index is -3.91. The number of benzene rings is 1. The number of halogens is 2. The molecule has 1 aliphatic carbocycles. The van der Waals surface area contributed by atoms with E-state index in [1.807, 2.05) is 6.92 Å². The number of allylic oxidation sites excluding steroid dienone is 2. The molecule has 2 atom stereocenters. The van der Waals surface area contributed by atoms with E-state index in [9.17, 15) is 13.2 Å². The van der Waals surface area contributed by atoms with E-state index >= 15 is 0 Å². The van der Waals surface area contributed by atoms with Gasteiger partial charge >= 0.3 is 0 Å². The number of ketones is 1. The monoisotopic (exact) mass is 359 g/mol. The number of carbonyl (C=O) groups is 1. The second-order valence-electron chi connectivity index (χ2n) is 5.18. The predicted octanol–water partition coefficient (Wildman–Crippen LogP) is 3.26. The summed E-state index contributed by atoms with van der Waals surface area (Å²) in [5.74, 6) is -0.300. The van der Waals surface area contributed by atoms with Gasteiger partial charge in [0.05, 0.1) is 10.6 Å². The second kappa shape index (κ2) is 6.14. The van der Waals surface area contributed by atoms with Crippen molar-refractivity contribution in [2.75, 3.05) is 0 Å². The van der Waals surface area contributed by atoms with Crippen LogP contribution in [0.5, 0.6) is 0 Å². The zero-order valence-corrected chi connectivity index (χ0v) is 14.6. The maximum Gasteiger partial charge on any atom is 0.282 e. The first-order valence-corrected chi connectivity index (χ1v) is 8.88. The third kappa shape index (κ3) is 3.12. The van der Waals surface area contributed by atoms with Crippen LogP contribution in [0.15, 0.2) is 44.7 Å². The Balaban J connectivity index is 2.55. The number of alkyl halides is 2. The van der Waals surface area contributed by atoms with Crippen molar-refractivity contribution < 1.29 is 13.2 Å². The Labute approximate surface area is 139 Å². The fraction of sp³-hybridized carbons (Fsp3) is 0.333. The Kier molecular flexibility index (Phi) is 4.80. The largest absolute Gasteiger partial charge is 0.293 e. The average Bonchev–Trinajstić information content (AvgIpc) is 2.48. The Morgan fingerprint density at radius 1 is 0.955 bits per heavy atom. The average molecular weight is 360 g/mol.